The smallest absolute Gasteiger partial charge is 0.322 e. The molecule has 1 atom stereocenters. The van der Waals surface area contributed by atoms with Crippen LogP contribution in [0.25, 0.3) is 22.2 Å². The van der Waals surface area contributed by atoms with Crippen molar-refractivity contribution in [1.29, 1.82) is 0 Å². The Kier molecular flexibility index (Phi) is 5.54. The molecule has 7 heteroatoms. The van der Waals surface area contributed by atoms with Crippen molar-refractivity contribution in [3.63, 3.8) is 0 Å². The second-order valence-corrected chi connectivity index (χ2v) is 8.15. The molecule has 1 aromatic heterocycles. The van der Waals surface area contributed by atoms with Crippen LogP contribution < -0.4 is 5.32 Å². The summed E-state index contributed by atoms with van der Waals surface area (Å²) in [6.07, 6.45) is 2.41. The minimum absolute atomic E-state index is 0.185. The Morgan fingerprint density at radius 1 is 1.15 bits per heavy atom. The van der Waals surface area contributed by atoms with Gasteiger partial charge in [0.2, 0.25) is 5.89 Å². The molecule has 5 rings (SSSR count). The van der Waals surface area contributed by atoms with Crippen LogP contribution in [0.4, 0.5) is 19.3 Å². The van der Waals surface area contributed by atoms with Crippen molar-refractivity contribution in [3.8, 4) is 11.1 Å². The van der Waals surface area contributed by atoms with E-state index < -0.39 is 11.6 Å². The number of likely N-dealkylation sites (tertiary alicyclic amines) is 1. The van der Waals surface area contributed by atoms with E-state index in [4.69, 9.17) is 4.42 Å². The zero-order valence-corrected chi connectivity index (χ0v) is 18.1. The van der Waals surface area contributed by atoms with Gasteiger partial charge in [-0.05, 0) is 60.7 Å². The molecular weight excluding hydrogens is 424 g/mol. The van der Waals surface area contributed by atoms with E-state index in [-0.39, 0.29) is 12.1 Å². The lowest BCUT2D eigenvalue weighted by atomic mass is 10.0. The highest BCUT2D eigenvalue weighted by Gasteiger charge is 2.34. The van der Waals surface area contributed by atoms with E-state index in [2.05, 4.69) is 10.3 Å². The number of carbonyl (C=O) groups excluding carboxylic acids is 1. The minimum Gasteiger partial charge on any atom is -0.438 e. The van der Waals surface area contributed by atoms with Gasteiger partial charge in [-0.3, -0.25) is 0 Å². The fraction of sp³-hybridized carbons (Fsp3) is 0.231. The molecule has 33 heavy (non-hydrogen) atoms. The highest BCUT2D eigenvalue weighted by atomic mass is 19.1. The number of aromatic nitrogens is 1. The van der Waals surface area contributed by atoms with Crippen LogP contribution in [-0.2, 0) is 6.42 Å². The molecule has 0 saturated carbocycles. The first-order chi connectivity index (χ1) is 16.0. The Bertz CT molecular complexity index is 1330. The monoisotopic (exact) mass is 447 g/mol. The molecule has 1 saturated heterocycles. The van der Waals surface area contributed by atoms with Crippen molar-refractivity contribution in [2.24, 2.45) is 0 Å². The summed E-state index contributed by atoms with van der Waals surface area (Å²) in [4.78, 5) is 19.4. The summed E-state index contributed by atoms with van der Waals surface area (Å²) in [5.41, 5.74) is 3.87. The van der Waals surface area contributed by atoms with Gasteiger partial charge in [-0.25, -0.2) is 18.6 Å². The summed E-state index contributed by atoms with van der Waals surface area (Å²) in [6, 6.07) is 15.9. The van der Waals surface area contributed by atoms with E-state index in [0.29, 0.717) is 34.7 Å². The van der Waals surface area contributed by atoms with Crippen molar-refractivity contribution in [2.75, 3.05) is 11.9 Å². The molecule has 0 bridgehead atoms. The first-order valence-electron chi connectivity index (χ1n) is 11.0. The number of urea groups is 1. The van der Waals surface area contributed by atoms with Crippen LogP contribution in [0.2, 0.25) is 0 Å². The third-order valence-corrected chi connectivity index (χ3v) is 6.08. The molecular formula is C26H23F2N3O2. The first kappa shape index (κ1) is 21.1. The second kappa shape index (κ2) is 8.65. The molecule has 1 fully saturated rings. The first-order valence-corrected chi connectivity index (χ1v) is 11.0. The number of benzene rings is 3. The van der Waals surface area contributed by atoms with Crippen LogP contribution in [0.5, 0.6) is 0 Å². The average molecular weight is 447 g/mol. The van der Waals surface area contributed by atoms with Gasteiger partial charge in [-0.1, -0.05) is 31.2 Å². The van der Waals surface area contributed by atoms with Gasteiger partial charge in [0, 0.05) is 23.9 Å². The summed E-state index contributed by atoms with van der Waals surface area (Å²) < 4.78 is 33.5. The molecule has 168 valence electrons. The molecule has 0 radical (unpaired) electrons. The lowest BCUT2D eigenvalue weighted by Gasteiger charge is -2.23. The number of fused-ring (bicyclic) bond motifs is 1. The maximum atomic E-state index is 14.2. The zero-order valence-electron chi connectivity index (χ0n) is 18.1. The number of para-hydroxylation sites is 1. The summed E-state index contributed by atoms with van der Waals surface area (Å²) >= 11 is 0. The fourth-order valence-corrected chi connectivity index (χ4v) is 4.38. The van der Waals surface area contributed by atoms with Crippen LogP contribution in [0, 0.1) is 11.6 Å². The van der Waals surface area contributed by atoms with Gasteiger partial charge in [-0.2, -0.15) is 0 Å². The molecule has 2 heterocycles. The SMILES string of the molecule is CCc1ccccc1NC(=O)N1CCC[C@H]1c1nc2cc(-c3ccc(F)cc3F)ccc2o1. The Morgan fingerprint density at radius 3 is 2.82 bits per heavy atom. The van der Waals surface area contributed by atoms with Gasteiger partial charge in [0.15, 0.2) is 5.58 Å². The summed E-state index contributed by atoms with van der Waals surface area (Å²) in [5.74, 6) is -0.801. The average Bonchev–Trinajstić information content (AvgIpc) is 3.46. The van der Waals surface area contributed by atoms with E-state index in [1.165, 1.54) is 12.1 Å². The summed E-state index contributed by atoms with van der Waals surface area (Å²) in [7, 11) is 0. The van der Waals surface area contributed by atoms with Crippen LogP contribution in [0.1, 0.15) is 37.3 Å². The Morgan fingerprint density at radius 2 is 2.00 bits per heavy atom. The third kappa shape index (κ3) is 4.06. The normalized spacial score (nSPS) is 15.8. The molecule has 5 nitrogen and oxygen atoms in total. The standard InChI is InChI=1S/C26H23F2N3O2/c1-2-16-6-3-4-7-21(16)30-26(32)31-13-5-8-23(31)25-29-22-14-17(9-12-24(22)33-25)19-11-10-18(27)15-20(19)28/h3-4,6-7,9-12,14-15,23H,2,5,8,13H2,1H3,(H,30,32)/t23-/m0/s1. The second-order valence-electron chi connectivity index (χ2n) is 8.15. The maximum Gasteiger partial charge on any atom is 0.322 e. The van der Waals surface area contributed by atoms with Gasteiger partial charge in [0.05, 0.1) is 0 Å². The number of nitrogens with zero attached hydrogens (tertiary/aromatic N) is 2. The van der Waals surface area contributed by atoms with Crippen molar-refractivity contribution in [2.45, 2.75) is 32.2 Å². The Labute approximate surface area is 190 Å². The van der Waals surface area contributed by atoms with Gasteiger partial charge in [-0.15, -0.1) is 0 Å². The highest BCUT2D eigenvalue weighted by Crippen LogP contribution is 2.35. The van der Waals surface area contributed by atoms with E-state index in [0.717, 1.165) is 36.6 Å². The Hall–Kier alpha value is -3.74. The van der Waals surface area contributed by atoms with Crippen molar-refractivity contribution in [1.82, 2.24) is 9.88 Å². The number of nitrogens with one attached hydrogen (secondary N) is 1. The number of hydrogen-bond acceptors (Lipinski definition) is 3. The zero-order chi connectivity index (χ0) is 22.9. The fourth-order valence-electron chi connectivity index (χ4n) is 4.38. The van der Waals surface area contributed by atoms with Gasteiger partial charge >= 0.3 is 6.03 Å². The van der Waals surface area contributed by atoms with E-state index in [1.54, 1.807) is 23.1 Å². The number of anilines is 1. The molecule has 3 aromatic carbocycles. The van der Waals surface area contributed by atoms with E-state index >= 15 is 0 Å². The van der Waals surface area contributed by atoms with E-state index in [1.807, 2.05) is 31.2 Å². The third-order valence-electron chi connectivity index (χ3n) is 6.08. The van der Waals surface area contributed by atoms with Gasteiger partial charge in [0.1, 0.15) is 23.2 Å². The topological polar surface area (TPSA) is 58.4 Å². The van der Waals surface area contributed by atoms with Gasteiger partial charge < -0.3 is 14.6 Å². The maximum absolute atomic E-state index is 14.2. The number of amides is 2. The lowest BCUT2D eigenvalue weighted by Crippen LogP contribution is -2.34. The molecule has 0 spiro atoms. The van der Waals surface area contributed by atoms with Crippen molar-refractivity contribution in [3.05, 3.63) is 83.8 Å². The quantitative estimate of drug-likeness (QED) is 0.378. The lowest BCUT2D eigenvalue weighted by molar-refractivity contribution is 0.199. The van der Waals surface area contributed by atoms with Crippen LogP contribution in [-0.4, -0.2) is 22.5 Å². The molecule has 4 aromatic rings. The number of aryl methyl sites for hydroxylation is 1. The number of hydrogen-bond donors (Lipinski definition) is 1. The predicted molar refractivity (Wildman–Crippen MR) is 123 cm³/mol. The largest absolute Gasteiger partial charge is 0.438 e. The summed E-state index contributed by atoms with van der Waals surface area (Å²) in [6.45, 7) is 2.66. The molecule has 1 aliphatic rings. The van der Waals surface area contributed by atoms with Crippen LogP contribution in [0.15, 0.2) is 65.1 Å². The van der Waals surface area contributed by atoms with Crippen molar-refractivity contribution < 1.29 is 18.0 Å². The molecule has 1 aliphatic heterocycles. The van der Waals surface area contributed by atoms with Crippen molar-refractivity contribution >= 4 is 22.8 Å². The van der Waals surface area contributed by atoms with Gasteiger partial charge in [0.25, 0.3) is 0 Å². The Balaban J connectivity index is 1.41. The van der Waals surface area contributed by atoms with E-state index in [9.17, 15) is 13.6 Å². The highest BCUT2D eigenvalue weighted by molar-refractivity contribution is 5.90. The molecule has 0 aliphatic carbocycles. The number of rotatable bonds is 4. The minimum atomic E-state index is -0.635. The summed E-state index contributed by atoms with van der Waals surface area (Å²) in [5, 5.41) is 3.02. The molecule has 2 amide bonds. The van der Waals surface area contributed by atoms with Crippen LogP contribution >= 0.6 is 0 Å². The van der Waals surface area contributed by atoms with Crippen LogP contribution in [0.3, 0.4) is 0 Å². The molecule has 0 unspecified atom stereocenters. The number of halogens is 2. The predicted octanol–water partition coefficient (Wildman–Crippen LogP) is 6.70. The number of carbonyl (C=O) groups is 1. The molecule has 1 N–H and O–H groups in total. The number of oxazole rings is 1.